The van der Waals surface area contributed by atoms with E-state index in [4.69, 9.17) is 23.7 Å². The molecule has 0 unspecified atom stereocenters. The van der Waals surface area contributed by atoms with Crippen molar-refractivity contribution in [2.75, 3.05) is 20.8 Å². The number of esters is 1. The molecule has 0 fully saturated rings. The van der Waals surface area contributed by atoms with E-state index in [1.54, 1.807) is 37.3 Å². The summed E-state index contributed by atoms with van der Waals surface area (Å²) >= 11 is 0. The molecule has 0 saturated heterocycles. The van der Waals surface area contributed by atoms with Gasteiger partial charge in [0.2, 0.25) is 5.78 Å². The molecule has 0 bridgehead atoms. The maximum Gasteiger partial charge on any atom is 0.343 e. The van der Waals surface area contributed by atoms with Crippen molar-refractivity contribution in [3.05, 3.63) is 82.6 Å². The van der Waals surface area contributed by atoms with E-state index in [1.165, 1.54) is 20.3 Å². The van der Waals surface area contributed by atoms with Crippen molar-refractivity contribution in [3.63, 3.8) is 0 Å². The number of rotatable bonds is 7. The van der Waals surface area contributed by atoms with Gasteiger partial charge in [-0.15, -0.1) is 0 Å². The Bertz CT molecular complexity index is 1270. The summed E-state index contributed by atoms with van der Waals surface area (Å²) in [4.78, 5) is 25.6. The van der Waals surface area contributed by atoms with E-state index < -0.39 is 5.97 Å². The second-order valence-corrected chi connectivity index (χ2v) is 7.51. The number of Topliss-reactive ketones (excluding diaryl/α,β-unsaturated/α-hetero) is 1. The Hall–Kier alpha value is -4.26. The third-order valence-corrected chi connectivity index (χ3v) is 5.26. The van der Waals surface area contributed by atoms with Gasteiger partial charge in [-0.25, -0.2) is 4.79 Å². The van der Waals surface area contributed by atoms with E-state index in [0.29, 0.717) is 40.5 Å². The first-order valence-corrected chi connectivity index (χ1v) is 10.7. The molecule has 34 heavy (non-hydrogen) atoms. The lowest BCUT2D eigenvalue weighted by Crippen LogP contribution is -2.09. The molecular formula is C27H24O7. The van der Waals surface area contributed by atoms with E-state index in [2.05, 4.69) is 0 Å². The molecule has 0 N–H and O–H groups in total. The molecule has 1 aliphatic rings. The Morgan fingerprint density at radius 2 is 1.68 bits per heavy atom. The highest BCUT2D eigenvalue weighted by Gasteiger charge is 2.30. The number of fused-ring (bicyclic) bond motifs is 1. The summed E-state index contributed by atoms with van der Waals surface area (Å²) in [6.07, 6.45) is 1.67. The predicted molar refractivity (Wildman–Crippen MR) is 126 cm³/mol. The van der Waals surface area contributed by atoms with Gasteiger partial charge in [-0.1, -0.05) is 12.1 Å². The summed E-state index contributed by atoms with van der Waals surface area (Å²) in [6.45, 7) is 4.27. The molecule has 0 amide bonds. The minimum absolute atomic E-state index is 0.200. The molecule has 0 atom stereocenters. The minimum Gasteiger partial charge on any atom is -0.494 e. The zero-order chi connectivity index (χ0) is 24.2. The molecule has 0 radical (unpaired) electrons. The molecule has 0 spiro atoms. The third kappa shape index (κ3) is 4.59. The van der Waals surface area contributed by atoms with Gasteiger partial charge in [0.05, 0.1) is 32.0 Å². The zero-order valence-electron chi connectivity index (χ0n) is 19.3. The van der Waals surface area contributed by atoms with Crippen LogP contribution in [0.5, 0.6) is 28.7 Å². The SMILES string of the molecule is CCOc1ccc(/C=C2\Oc3cc(OC(=O)c4ccc(OC)c(OC)c4)cc(C)c3C2=O)cc1. The van der Waals surface area contributed by atoms with Crippen molar-refractivity contribution in [3.8, 4) is 28.7 Å². The summed E-state index contributed by atoms with van der Waals surface area (Å²) < 4.78 is 27.3. The van der Waals surface area contributed by atoms with Gasteiger partial charge in [-0.05, 0) is 67.4 Å². The largest absolute Gasteiger partial charge is 0.494 e. The highest BCUT2D eigenvalue weighted by molar-refractivity contribution is 6.15. The first kappa shape index (κ1) is 22.9. The first-order valence-electron chi connectivity index (χ1n) is 10.7. The van der Waals surface area contributed by atoms with Gasteiger partial charge in [-0.3, -0.25) is 4.79 Å². The second-order valence-electron chi connectivity index (χ2n) is 7.51. The Morgan fingerprint density at radius 1 is 0.941 bits per heavy atom. The van der Waals surface area contributed by atoms with Crippen molar-refractivity contribution >= 4 is 17.8 Å². The Kier molecular flexibility index (Phi) is 6.54. The quantitative estimate of drug-likeness (QED) is 0.271. The van der Waals surface area contributed by atoms with Crippen LogP contribution in [0.3, 0.4) is 0 Å². The molecule has 3 aromatic rings. The van der Waals surface area contributed by atoms with Crippen LogP contribution in [-0.2, 0) is 0 Å². The normalized spacial score (nSPS) is 13.3. The van der Waals surface area contributed by atoms with E-state index in [0.717, 1.165) is 11.3 Å². The smallest absolute Gasteiger partial charge is 0.343 e. The van der Waals surface area contributed by atoms with Gasteiger partial charge in [0.1, 0.15) is 17.2 Å². The van der Waals surface area contributed by atoms with E-state index in [9.17, 15) is 9.59 Å². The van der Waals surface area contributed by atoms with Crippen molar-refractivity contribution in [2.45, 2.75) is 13.8 Å². The van der Waals surface area contributed by atoms with Crippen molar-refractivity contribution in [2.24, 2.45) is 0 Å². The number of carbonyl (C=O) groups excluding carboxylic acids is 2. The number of ketones is 1. The van der Waals surface area contributed by atoms with Crippen LogP contribution in [-0.4, -0.2) is 32.6 Å². The lowest BCUT2D eigenvalue weighted by Gasteiger charge is -2.10. The van der Waals surface area contributed by atoms with Crippen LogP contribution >= 0.6 is 0 Å². The fourth-order valence-electron chi connectivity index (χ4n) is 3.64. The zero-order valence-corrected chi connectivity index (χ0v) is 19.3. The van der Waals surface area contributed by atoms with Crippen molar-refractivity contribution in [1.29, 1.82) is 0 Å². The second kappa shape index (κ2) is 9.70. The lowest BCUT2D eigenvalue weighted by atomic mass is 10.0. The van der Waals surface area contributed by atoms with Crippen LogP contribution in [0.15, 0.2) is 60.4 Å². The highest BCUT2D eigenvalue weighted by Crippen LogP contribution is 2.38. The third-order valence-electron chi connectivity index (χ3n) is 5.26. The molecule has 3 aromatic carbocycles. The van der Waals surface area contributed by atoms with Crippen molar-refractivity contribution < 1.29 is 33.3 Å². The fraction of sp³-hybridized carbons (Fsp3) is 0.185. The fourth-order valence-corrected chi connectivity index (χ4v) is 3.64. The lowest BCUT2D eigenvalue weighted by molar-refractivity contribution is 0.0734. The molecule has 0 aliphatic carbocycles. The number of hydrogen-bond donors (Lipinski definition) is 0. The van der Waals surface area contributed by atoms with Crippen molar-refractivity contribution in [1.82, 2.24) is 0 Å². The van der Waals surface area contributed by atoms with Gasteiger partial charge < -0.3 is 23.7 Å². The summed E-state index contributed by atoms with van der Waals surface area (Å²) in [5.41, 5.74) is 2.19. The van der Waals surface area contributed by atoms with E-state index in [1.807, 2.05) is 31.2 Å². The molecule has 1 heterocycles. The van der Waals surface area contributed by atoms with Gasteiger partial charge in [0, 0.05) is 6.07 Å². The monoisotopic (exact) mass is 460 g/mol. The number of ether oxygens (including phenoxy) is 5. The molecule has 174 valence electrons. The Labute approximate surface area is 197 Å². The number of hydrogen-bond acceptors (Lipinski definition) is 7. The highest BCUT2D eigenvalue weighted by atomic mass is 16.5. The van der Waals surface area contributed by atoms with Gasteiger partial charge in [-0.2, -0.15) is 0 Å². The first-order chi connectivity index (χ1) is 16.4. The maximum atomic E-state index is 12.9. The van der Waals surface area contributed by atoms with Crippen LogP contribution in [0, 0.1) is 6.92 Å². The standard InChI is InChI=1S/C27H24O7/c1-5-32-19-9-6-17(7-10-19)13-24-26(28)25-16(2)12-20(15-23(25)34-24)33-27(29)18-8-11-21(30-3)22(14-18)31-4/h6-15H,5H2,1-4H3/b24-13-. The Morgan fingerprint density at radius 3 is 2.35 bits per heavy atom. The summed E-state index contributed by atoms with van der Waals surface area (Å²) in [5.74, 6) is 1.69. The predicted octanol–water partition coefficient (Wildman–Crippen LogP) is 5.25. The molecule has 4 rings (SSSR count). The summed E-state index contributed by atoms with van der Waals surface area (Å²) in [5, 5.41) is 0. The molecule has 7 nitrogen and oxygen atoms in total. The maximum absolute atomic E-state index is 12.9. The van der Waals surface area contributed by atoms with E-state index >= 15 is 0 Å². The van der Waals surface area contributed by atoms with Crippen LogP contribution in [0.4, 0.5) is 0 Å². The number of methoxy groups -OCH3 is 2. The molecule has 0 aromatic heterocycles. The summed E-state index contributed by atoms with van der Waals surface area (Å²) in [6, 6.07) is 15.3. The Balaban J connectivity index is 1.55. The average Bonchev–Trinajstić information content (AvgIpc) is 3.15. The van der Waals surface area contributed by atoms with Gasteiger partial charge in [0.15, 0.2) is 17.3 Å². The minimum atomic E-state index is -0.574. The van der Waals surface area contributed by atoms with E-state index in [-0.39, 0.29) is 17.3 Å². The van der Waals surface area contributed by atoms with Crippen LogP contribution < -0.4 is 23.7 Å². The number of carbonyl (C=O) groups is 2. The number of aryl methyl sites for hydroxylation is 1. The van der Waals surface area contributed by atoms with Gasteiger partial charge in [0.25, 0.3) is 0 Å². The van der Waals surface area contributed by atoms with Gasteiger partial charge >= 0.3 is 5.97 Å². The number of allylic oxidation sites excluding steroid dienone is 1. The molecule has 1 aliphatic heterocycles. The average molecular weight is 460 g/mol. The van der Waals surface area contributed by atoms with Crippen LogP contribution in [0.2, 0.25) is 0 Å². The molecule has 0 saturated carbocycles. The number of benzene rings is 3. The molecule has 7 heteroatoms. The summed E-state index contributed by atoms with van der Waals surface area (Å²) in [7, 11) is 3.01. The van der Waals surface area contributed by atoms with Crippen LogP contribution in [0.1, 0.15) is 38.8 Å². The van der Waals surface area contributed by atoms with Crippen LogP contribution in [0.25, 0.3) is 6.08 Å². The molecular weight excluding hydrogens is 436 g/mol. The topological polar surface area (TPSA) is 80.3 Å².